The number of rotatable bonds is 52. The van der Waals surface area contributed by atoms with Crippen LogP contribution in [0.5, 0.6) is 0 Å². The summed E-state index contributed by atoms with van der Waals surface area (Å²) in [6.45, 7) is 14.4. The molecule has 0 nitrogen and oxygen atoms in total. The van der Waals surface area contributed by atoms with E-state index in [0.29, 0.717) is 5.41 Å². The summed E-state index contributed by atoms with van der Waals surface area (Å²) in [7, 11) is 0. The highest BCUT2D eigenvalue weighted by Gasteiger charge is 2.25. The van der Waals surface area contributed by atoms with Crippen LogP contribution in [-0.4, -0.2) is 0 Å². The first kappa shape index (κ1) is 59.0. The van der Waals surface area contributed by atoms with Crippen molar-refractivity contribution < 1.29 is 0 Å². The number of unbranched alkanes of at least 4 members (excludes halogenated alkanes) is 34. The van der Waals surface area contributed by atoms with Gasteiger partial charge in [0, 0.05) is 0 Å². The van der Waals surface area contributed by atoms with E-state index in [2.05, 4.69) is 41.5 Å². The molecule has 0 heteroatoms. The second kappa shape index (κ2) is 49.0. The molecular weight excluding hydrogens is 709 g/mol. The van der Waals surface area contributed by atoms with Crippen molar-refractivity contribution in [3.8, 4) is 0 Å². The molecule has 0 unspecified atom stereocenters. The molecule has 0 rings (SSSR count). The first-order valence-corrected chi connectivity index (χ1v) is 29.1. The highest BCUT2D eigenvalue weighted by molar-refractivity contribution is 4.77. The van der Waals surface area contributed by atoms with Crippen LogP contribution in [-0.2, 0) is 0 Å². The van der Waals surface area contributed by atoms with E-state index in [1.54, 1.807) is 0 Å². The van der Waals surface area contributed by atoms with E-state index in [0.717, 1.165) is 11.8 Å². The Morgan fingerprint density at radius 2 is 0.373 bits per heavy atom. The van der Waals surface area contributed by atoms with Crippen molar-refractivity contribution in [2.75, 3.05) is 0 Å². The highest BCUT2D eigenvalue weighted by Crippen LogP contribution is 2.39. The molecule has 0 N–H and O–H groups in total. The van der Waals surface area contributed by atoms with Gasteiger partial charge in [-0.3, -0.25) is 0 Å². The van der Waals surface area contributed by atoms with Crippen LogP contribution in [0.25, 0.3) is 0 Å². The molecule has 0 aromatic carbocycles. The van der Waals surface area contributed by atoms with Crippen LogP contribution in [0.15, 0.2) is 0 Å². The maximum atomic E-state index is 2.54. The van der Waals surface area contributed by atoms with E-state index in [1.807, 2.05) is 0 Å². The van der Waals surface area contributed by atoms with Gasteiger partial charge >= 0.3 is 0 Å². The summed E-state index contributed by atoms with van der Waals surface area (Å²) in [4.78, 5) is 0. The van der Waals surface area contributed by atoms with E-state index < -0.39 is 0 Å². The van der Waals surface area contributed by atoms with Gasteiger partial charge in [-0.1, -0.05) is 350 Å². The Hall–Kier alpha value is 0. The average molecular weight is 830 g/mol. The maximum Gasteiger partial charge on any atom is -0.0303 e. The van der Waals surface area contributed by atoms with Crippen molar-refractivity contribution in [1.29, 1.82) is 0 Å². The molecule has 0 spiro atoms. The molecule has 0 saturated heterocycles. The van der Waals surface area contributed by atoms with Gasteiger partial charge in [-0.25, -0.2) is 0 Å². The fraction of sp³-hybridized carbons (Fsp3) is 1.00. The Bertz CT molecular complexity index is 630. The van der Waals surface area contributed by atoms with Crippen molar-refractivity contribution in [1.82, 2.24) is 0 Å². The lowest BCUT2D eigenvalue weighted by Crippen LogP contribution is -2.19. The molecule has 0 saturated carbocycles. The van der Waals surface area contributed by atoms with Crippen LogP contribution in [0.2, 0.25) is 0 Å². The summed E-state index contributed by atoms with van der Waals surface area (Å²) in [6, 6.07) is 0. The largest absolute Gasteiger partial charge is 0.0654 e. The minimum atomic E-state index is 0.619. The average Bonchev–Trinajstić information content (AvgIpc) is 3.25. The molecule has 0 aliphatic heterocycles. The molecule has 0 bridgehead atoms. The molecule has 0 fully saturated rings. The molecule has 0 aromatic rings. The molecule has 0 atom stereocenters. The number of hydrogen-bond acceptors (Lipinski definition) is 0. The summed E-state index contributed by atoms with van der Waals surface area (Å²) in [6.07, 6.45) is 73.9. The smallest absolute Gasteiger partial charge is 0.0303 e. The Morgan fingerprint density at radius 1 is 0.203 bits per heavy atom. The van der Waals surface area contributed by atoms with Crippen molar-refractivity contribution in [2.24, 2.45) is 17.3 Å². The minimum Gasteiger partial charge on any atom is -0.0654 e. The van der Waals surface area contributed by atoms with Gasteiger partial charge in [0.25, 0.3) is 0 Å². The van der Waals surface area contributed by atoms with Gasteiger partial charge in [-0.2, -0.15) is 0 Å². The minimum absolute atomic E-state index is 0.619. The summed E-state index contributed by atoms with van der Waals surface area (Å²) < 4.78 is 0. The van der Waals surface area contributed by atoms with Crippen molar-refractivity contribution >= 4 is 0 Å². The van der Waals surface area contributed by atoms with Crippen LogP contribution < -0.4 is 0 Å². The quantitative estimate of drug-likeness (QED) is 0.0536. The van der Waals surface area contributed by atoms with Gasteiger partial charge in [0.1, 0.15) is 0 Å². The Balaban J connectivity index is 4.77. The van der Waals surface area contributed by atoms with Crippen LogP contribution in [0.3, 0.4) is 0 Å². The van der Waals surface area contributed by atoms with E-state index in [4.69, 9.17) is 0 Å². The summed E-state index contributed by atoms with van der Waals surface area (Å²) in [5.74, 6) is 2.02. The molecule has 0 aliphatic rings. The third kappa shape index (κ3) is 41.8. The normalized spacial score (nSPS) is 12.2. The van der Waals surface area contributed by atoms with Crippen molar-refractivity contribution in [3.63, 3.8) is 0 Å². The lowest BCUT2D eigenvalue weighted by atomic mass is 9.73. The Kier molecular flexibility index (Phi) is 49.0. The SMILES string of the molecule is CCCCCCCCCCCC(CCCCCCCCCCC)CCCCC(CC)(CC)CCCCC(CCCCCCCCCCC)CCCCCCCCCCC. The van der Waals surface area contributed by atoms with Gasteiger partial charge in [0.05, 0.1) is 0 Å². The lowest BCUT2D eigenvalue weighted by molar-refractivity contribution is 0.197. The van der Waals surface area contributed by atoms with Crippen LogP contribution in [0.4, 0.5) is 0 Å². The van der Waals surface area contributed by atoms with E-state index in [-0.39, 0.29) is 0 Å². The lowest BCUT2D eigenvalue weighted by Gasteiger charge is -2.32. The van der Waals surface area contributed by atoms with Crippen molar-refractivity contribution in [3.05, 3.63) is 0 Å². The zero-order valence-corrected chi connectivity index (χ0v) is 43.0. The van der Waals surface area contributed by atoms with Crippen LogP contribution >= 0.6 is 0 Å². The first-order valence-electron chi connectivity index (χ1n) is 29.1. The van der Waals surface area contributed by atoms with E-state index in [1.165, 1.54) is 321 Å². The monoisotopic (exact) mass is 829 g/mol. The van der Waals surface area contributed by atoms with Gasteiger partial charge in [0.15, 0.2) is 0 Å². The molecule has 0 heterocycles. The topological polar surface area (TPSA) is 0 Å². The number of hydrogen-bond donors (Lipinski definition) is 0. The molecular formula is C59H120. The zero-order valence-electron chi connectivity index (χ0n) is 43.0. The molecule has 0 aliphatic carbocycles. The Labute approximate surface area is 378 Å². The first-order chi connectivity index (χ1) is 29.1. The summed E-state index contributed by atoms with van der Waals surface area (Å²) in [5.41, 5.74) is 0.619. The highest BCUT2D eigenvalue weighted by atomic mass is 14.3. The molecule has 0 aromatic heterocycles. The van der Waals surface area contributed by atoms with Crippen LogP contribution in [0.1, 0.15) is 363 Å². The third-order valence-corrected chi connectivity index (χ3v) is 15.5. The maximum absolute atomic E-state index is 2.54. The second-order valence-electron chi connectivity index (χ2n) is 20.9. The summed E-state index contributed by atoms with van der Waals surface area (Å²) >= 11 is 0. The summed E-state index contributed by atoms with van der Waals surface area (Å²) in [5, 5.41) is 0. The van der Waals surface area contributed by atoms with E-state index >= 15 is 0 Å². The molecule has 356 valence electrons. The predicted molar refractivity (Wildman–Crippen MR) is 274 cm³/mol. The van der Waals surface area contributed by atoms with Crippen LogP contribution in [0, 0.1) is 17.3 Å². The Morgan fingerprint density at radius 3 is 0.559 bits per heavy atom. The predicted octanol–water partition coefficient (Wildman–Crippen LogP) is 22.8. The van der Waals surface area contributed by atoms with Gasteiger partial charge in [-0.15, -0.1) is 0 Å². The second-order valence-corrected chi connectivity index (χ2v) is 20.9. The fourth-order valence-electron chi connectivity index (χ4n) is 10.8. The molecule has 0 radical (unpaired) electrons. The van der Waals surface area contributed by atoms with Crippen molar-refractivity contribution in [2.45, 2.75) is 363 Å². The standard InChI is InChI=1S/C59H120/c1-7-13-17-21-25-29-33-37-41-49-57(50-42-38-34-30-26-22-18-14-8-2)53-45-47-55-59(11-5,12-6)56-48-46-54-58(51-43-39-35-31-27-23-19-15-9-3)52-44-40-36-32-28-24-20-16-10-4/h57-58H,7-56H2,1-6H3. The molecule has 59 heavy (non-hydrogen) atoms. The molecule has 0 amide bonds. The van der Waals surface area contributed by atoms with Gasteiger partial charge in [0.2, 0.25) is 0 Å². The van der Waals surface area contributed by atoms with Gasteiger partial charge in [-0.05, 0) is 30.1 Å². The zero-order chi connectivity index (χ0) is 43.0. The third-order valence-electron chi connectivity index (χ3n) is 15.5. The fourth-order valence-corrected chi connectivity index (χ4v) is 10.8. The van der Waals surface area contributed by atoms with Gasteiger partial charge < -0.3 is 0 Å². The van der Waals surface area contributed by atoms with E-state index in [9.17, 15) is 0 Å².